The number of oxime groups is 1. The summed E-state index contributed by atoms with van der Waals surface area (Å²) < 4.78 is 23.8. The molecular weight excluding hydrogens is 1070 g/mol. The molecule has 20 heteroatoms. The Hall–Kier alpha value is -8.47. The normalized spacial score (nSPS) is 20.5. The maximum atomic E-state index is 14.1. The number of phenolic OH excluding ortho intramolecular Hbond substituents is 4. The third-order valence-electron chi connectivity index (χ3n) is 15.3. The zero-order chi connectivity index (χ0) is 59.1. The number of aromatic hydroxyl groups is 4. The predicted octanol–water partition coefficient (Wildman–Crippen LogP) is 6.16. The summed E-state index contributed by atoms with van der Waals surface area (Å²) in [5, 5.41) is 86.8. The highest BCUT2D eigenvalue weighted by Gasteiger charge is 2.50. The molecule has 1 heterocycles. The second-order valence-corrected chi connectivity index (χ2v) is 20.6. The van der Waals surface area contributed by atoms with E-state index in [1.807, 2.05) is 66.5 Å². The van der Waals surface area contributed by atoms with Crippen molar-refractivity contribution in [2.24, 2.45) is 5.16 Å². The van der Waals surface area contributed by atoms with Gasteiger partial charge in [0, 0.05) is 55.1 Å². The van der Waals surface area contributed by atoms with E-state index in [9.17, 15) is 54.9 Å². The predicted molar refractivity (Wildman–Crippen MR) is 305 cm³/mol. The average Bonchev–Trinajstić information content (AvgIpc) is 1.99. The van der Waals surface area contributed by atoms with Crippen LogP contribution in [0.1, 0.15) is 115 Å². The number of benzene rings is 6. The fraction of sp³-hybridized carbons (Fsp3) is 0.317. The molecule has 9 rings (SSSR count). The number of fused-ring (bicyclic) bond motifs is 3. The SMILES string of the molecule is CCC(=C(c1ccc(O)cc1)c1ccc(OCCN(C)CCO/N=C/c2ccc(O)c(C(=O)NCNC3CC(O[C@H]4C[C@](O)(C(=O)CO)Cc5c(O)c6c(c(O)c54)C(=O)c4c(OC)cccc4C6=O)OC(C)C3O)c2)cc1)c1ccccc1. The summed E-state index contributed by atoms with van der Waals surface area (Å²) in [6.45, 7) is 4.17. The molecule has 3 aliphatic rings. The van der Waals surface area contributed by atoms with Gasteiger partial charge in [0.2, 0.25) is 5.78 Å². The number of hydrogen-bond acceptors (Lipinski definition) is 19. The molecule has 1 fully saturated rings. The van der Waals surface area contributed by atoms with E-state index in [0.717, 1.165) is 34.4 Å². The van der Waals surface area contributed by atoms with Crippen molar-refractivity contribution in [2.45, 2.75) is 75.8 Å². The zero-order valence-electron chi connectivity index (χ0n) is 46.2. The number of ketones is 3. The number of hydrogen-bond donors (Lipinski definition) is 9. The molecule has 6 atom stereocenters. The molecule has 0 aromatic heterocycles. The summed E-state index contributed by atoms with van der Waals surface area (Å²) in [4.78, 5) is 62.0. The number of carbonyl (C=O) groups excluding carboxylic acids is 4. The number of Topliss-reactive ketones (excluding diaryl/α,β-unsaturated/α-hetero) is 1. The van der Waals surface area contributed by atoms with Crippen LogP contribution in [-0.2, 0) is 25.5 Å². The number of nitrogens with one attached hydrogen (secondary N) is 2. The van der Waals surface area contributed by atoms with E-state index in [-0.39, 0.29) is 64.8 Å². The largest absolute Gasteiger partial charge is 0.508 e. The van der Waals surface area contributed by atoms with Crippen LogP contribution in [0.25, 0.3) is 11.1 Å². The number of nitrogens with zero attached hydrogens (tertiary/aromatic N) is 2. The number of ether oxygens (including phenoxy) is 4. The van der Waals surface area contributed by atoms with E-state index in [4.69, 9.17) is 23.8 Å². The highest BCUT2D eigenvalue weighted by molar-refractivity contribution is 6.31. The molecule has 20 nitrogen and oxygen atoms in total. The van der Waals surface area contributed by atoms with Gasteiger partial charge in [-0.25, -0.2) is 0 Å². The smallest absolute Gasteiger partial charge is 0.256 e. The van der Waals surface area contributed by atoms with Crippen LogP contribution in [0.4, 0.5) is 0 Å². The van der Waals surface area contributed by atoms with Crippen molar-refractivity contribution in [3.8, 4) is 34.5 Å². The second-order valence-electron chi connectivity index (χ2n) is 20.6. The fourth-order valence-corrected chi connectivity index (χ4v) is 10.9. The summed E-state index contributed by atoms with van der Waals surface area (Å²) in [5.41, 5.74) is 1.66. The van der Waals surface area contributed by atoms with Crippen LogP contribution in [-0.4, -0.2) is 154 Å². The van der Waals surface area contributed by atoms with Gasteiger partial charge in [0.05, 0.1) is 60.6 Å². The van der Waals surface area contributed by atoms with Gasteiger partial charge in [-0.2, -0.15) is 0 Å². The van der Waals surface area contributed by atoms with Crippen LogP contribution >= 0.6 is 0 Å². The molecule has 434 valence electrons. The first-order valence-electron chi connectivity index (χ1n) is 27.2. The van der Waals surface area contributed by atoms with E-state index in [1.54, 1.807) is 25.1 Å². The Morgan fingerprint density at radius 1 is 0.843 bits per heavy atom. The number of carbonyl (C=O) groups is 4. The van der Waals surface area contributed by atoms with Crippen molar-refractivity contribution in [3.05, 3.63) is 176 Å². The van der Waals surface area contributed by atoms with Crippen LogP contribution in [0.2, 0.25) is 0 Å². The molecule has 0 spiro atoms. The first-order chi connectivity index (χ1) is 39.9. The first-order valence-corrected chi connectivity index (χ1v) is 27.2. The van der Waals surface area contributed by atoms with E-state index in [2.05, 4.69) is 34.8 Å². The molecule has 1 aliphatic heterocycles. The second kappa shape index (κ2) is 25.8. The van der Waals surface area contributed by atoms with Crippen LogP contribution in [0.3, 0.4) is 0 Å². The summed E-state index contributed by atoms with van der Waals surface area (Å²) >= 11 is 0. The fourth-order valence-electron chi connectivity index (χ4n) is 10.9. The lowest BCUT2D eigenvalue weighted by Gasteiger charge is -2.43. The van der Waals surface area contributed by atoms with Gasteiger partial charge in [0.25, 0.3) is 5.91 Å². The Kier molecular flexibility index (Phi) is 18.4. The number of methoxy groups -OCH3 is 1. The Morgan fingerprint density at radius 2 is 1.54 bits per heavy atom. The highest BCUT2D eigenvalue weighted by atomic mass is 16.7. The van der Waals surface area contributed by atoms with Crippen LogP contribution < -0.4 is 20.1 Å². The van der Waals surface area contributed by atoms with Crippen molar-refractivity contribution in [1.29, 1.82) is 0 Å². The first kappa shape index (κ1) is 59.2. The van der Waals surface area contributed by atoms with Gasteiger partial charge in [0.15, 0.2) is 17.9 Å². The average molecular weight is 1140 g/mol. The summed E-state index contributed by atoms with van der Waals surface area (Å²) in [6.07, 6.45) is -3.96. The molecule has 83 heavy (non-hydrogen) atoms. The number of amides is 1. The van der Waals surface area contributed by atoms with Crippen LogP contribution in [0.15, 0.2) is 120 Å². The van der Waals surface area contributed by atoms with Crippen LogP contribution in [0.5, 0.6) is 34.5 Å². The number of likely N-dealkylation sites (N-methyl/N-ethyl adjacent to an activating group) is 1. The van der Waals surface area contributed by atoms with Crippen molar-refractivity contribution >= 4 is 40.6 Å². The van der Waals surface area contributed by atoms with Gasteiger partial charge >= 0.3 is 0 Å². The van der Waals surface area contributed by atoms with Crippen molar-refractivity contribution in [2.75, 3.05) is 53.7 Å². The quantitative estimate of drug-likeness (QED) is 0.00917. The number of allylic oxidation sites excluding steroid dienone is 1. The van der Waals surface area contributed by atoms with E-state index < -0.39 is 102 Å². The Morgan fingerprint density at radius 3 is 2.24 bits per heavy atom. The van der Waals surface area contributed by atoms with Crippen molar-refractivity contribution in [3.63, 3.8) is 0 Å². The number of rotatable bonds is 22. The Labute approximate surface area is 478 Å². The molecule has 0 radical (unpaired) electrons. The lowest BCUT2D eigenvalue weighted by Crippen LogP contribution is -2.56. The molecule has 1 saturated heterocycles. The van der Waals surface area contributed by atoms with Crippen LogP contribution in [0, 0.1) is 0 Å². The van der Waals surface area contributed by atoms with Gasteiger partial charge in [-0.05, 0) is 102 Å². The summed E-state index contributed by atoms with van der Waals surface area (Å²) in [6, 6.07) is 33.3. The van der Waals surface area contributed by atoms with Crippen molar-refractivity contribution in [1.82, 2.24) is 15.5 Å². The van der Waals surface area contributed by atoms with Gasteiger partial charge in [-0.1, -0.05) is 78.8 Å². The lowest BCUT2D eigenvalue weighted by molar-refractivity contribution is -0.249. The molecule has 2 aliphatic carbocycles. The monoisotopic (exact) mass is 1130 g/mol. The minimum Gasteiger partial charge on any atom is -0.508 e. The number of phenols is 4. The van der Waals surface area contributed by atoms with Gasteiger partial charge in [-0.15, -0.1) is 0 Å². The number of aliphatic hydroxyl groups is 3. The summed E-state index contributed by atoms with van der Waals surface area (Å²) in [7, 11) is 3.24. The molecule has 9 N–H and O–H groups in total. The maximum Gasteiger partial charge on any atom is 0.256 e. The molecule has 1 amide bonds. The topological polar surface area (TPSA) is 296 Å². The van der Waals surface area contributed by atoms with E-state index in [1.165, 1.54) is 49.2 Å². The third kappa shape index (κ3) is 12.6. The lowest BCUT2D eigenvalue weighted by atomic mass is 9.72. The third-order valence-corrected chi connectivity index (χ3v) is 15.3. The zero-order valence-corrected chi connectivity index (χ0v) is 46.2. The molecule has 0 bridgehead atoms. The molecule has 6 aromatic rings. The maximum absolute atomic E-state index is 14.1. The standard InChI is InChI=1S/C63H66N4O16/c1-5-42(37-10-7-6-8-11-37)52(38-15-19-40(69)20-16-38)39-17-21-41(22-18-39)80-26-24-67(3)25-27-81-66-32-36-14-23-47(70)44(28-36)62(77)65-34-64-46-29-51(82-35(2)57(46)72)83-49-31-63(78,50(71)33-68)30-45-54(49)61(76)56-55(59(45)74)58(73)43-12-9-13-48(79-4)53(43)60(56)75/h6-23,28,32,35,46,49,51,57,64,68-70,72,74,76,78H,5,24-27,29-31,33-34H2,1-4H3,(H,65,77)/b52-42?,66-32+/t35?,46?,49-,51?,57?,63-/m0/s1. The minimum absolute atomic E-state index is 0.0498. The highest BCUT2D eigenvalue weighted by Crippen LogP contribution is 2.53. The van der Waals surface area contributed by atoms with E-state index in [0.29, 0.717) is 25.3 Å². The van der Waals surface area contributed by atoms with Gasteiger partial charge < -0.3 is 64.8 Å². The molecule has 0 saturated carbocycles. The van der Waals surface area contributed by atoms with Crippen molar-refractivity contribution < 1.29 is 78.7 Å². The van der Waals surface area contributed by atoms with E-state index >= 15 is 0 Å². The van der Waals surface area contributed by atoms with Gasteiger partial charge in [-0.3, -0.25) is 29.4 Å². The Balaban J connectivity index is 0.770. The van der Waals surface area contributed by atoms with Gasteiger partial charge in [0.1, 0.15) is 59.9 Å². The molecule has 4 unspecified atom stereocenters. The summed E-state index contributed by atoms with van der Waals surface area (Å²) in [5.74, 6) is -4.19. The molecular formula is C63H66N4O16. The number of aliphatic hydroxyl groups excluding tert-OH is 2. The minimum atomic E-state index is -2.37. The molecule has 6 aromatic carbocycles. The Bertz CT molecular complexity index is 3440.